The molecule has 0 fully saturated rings. The Kier molecular flexibility index (Phi) is 4.76. The zero-order valence-corrected chi connectivity index (χ0v) is 8.81. The molecule has 0 saturated carbocycles. The van der Waals surface area contributed by atoms with Crippen LogP contribution >= 0.6 is 11.8 Å². The van der Waals surface area contributed by atoms with Crippen LogP contribution in [0, 0.1) is 5.82 Å². The minimum Gasteiger partial charge on any atom is -0.494 e. The number of thioether (sulfide) groups is 1. The van der Waals surface area contributed by atoms with Crippen molar-refractivity contribution in [3.8, 4) is 5.75 Å². The minimum absolute atomic E-state index is 0.156. The summed E-state index contributed by atoms with van der Waals surface area (Å²) >= 11 is 1.57. The van der Waals surface area contributed by atoms with Crippen molar-refractivity contribution in [2.75, 3.05) is 19.5 Å². The van der Waals surface area contributed by atoms with E-state index in [9.17, 15) is 4.39 Å². The van der Waals surface area contributed by atoms with Crippen LogP contribution in [0.5, 0.6) is 5.75 Å². The molecule has 0 amide bonds. The first-order chi connectivity index (χ1) is 6.77. The van der Waals surface area contributed by atoms with Gasteiger partial charge in [-0.15, -0.1) is 0 Å². The molecule has 0 heterocycles. The second-order valence-corrected chi connectivity index (χ2v) is 3.85. The number of halogens is 1. The monoisotopic (exact) mass is 216 g/mol. The van der Waals surface area contributed by atoms with Crippen LogP contribution in [-0.2, 0) is 5.75 Å². The summed E-state index contributed by atoms with van der Waals surface area (Å²) in [6, 6.07) is 4.90. The Labute approximate surface area is 87.1 Å². The summed E-state index contributed by atoms with van der Waals surface area (Å²) in [7, 11) is 1.44. The first-order valence-electron chi connectivity index (χ1n) is 4.29. The number of rotatable bonds is 5. The first-order valence-corrected chi connectivity index (χ1v) is 5.44. The molecule has 0 bridgehead atoms. The number of hydrogen-bond acceptors (Lipinski definition) is 3. The molecule has 0 aliphatic heterocycles. The second kappa shape index (κ2) is 5.88. The summed E-state index contributed by atoms with van der Waals surface area (Å²) in [5.74, 6) is 1.31. The Hall–Kier alpha value is -0.740. The van der Waals surface area contributed by atoms with E-state index in [-0.39, 0.29) is 18.2 Å². The van der Waals surface area contributed by atoms with Gasteiger partial charge in [-0.2, -0.15) is 11.8 Å². The highest BCUT2D eigenvalue weighted by Gasteiger charge is 2.02. The van der Waals surface area contributed by atoms with Crippen LogP contribution in [0.3, 0.4) is 0 Å². The van der Waals surface area contributed by atoms with Crippen molar-refractivity contribution in [2.24, 2.45) is 0 Å². The summed E-state index contributed by atoms with van der Waals surface area (Å²) in [5.41, 5.74) is 0.904. The number of hydrogen-bond donors (Lipinski definition) is 1. The van der Waals surface area contributed by atoms with Crippen LogP contribution in [0.25, 0.3) is 0 Å². The standard InChI is InChI=1S/C10H13FO2S/c1-13-10-3-2-8(6-9(10)11)7-14-5-4-12/h2-3,6,12H,4-5,7H2,1H3. The largest absolute Gasteiger partial charge is 0.494 e. The van der Waals surface area contributed by atoms with Gasteiger partial charge in [-0.25, -0.2) is 4.39 Å². The van der Waals surface area contributed by atoms with Crippen LogP contribution in [-0.4, -0.2) is 24.6 Å². The van der Waals surface area contributed by atoms with E-state index in [2.05, 4.69) is 0 Å². The van der Waals surface area contributed by atoms with Gasteiger partial charge in [0.25, 0.3) is 0 Å². The maximum atomic E-state index is 13.2. The SMILES string of the molecule is COc1ccc(CSCCO)cc1F. The molecule has 0 saturated heterocycles. The molecule has 78 valence electrons. The third-order valence-electron chi connectivity index (χ3n) is 1.72. The van der Waals surface area contributed by atoms with Crippen molar-refractivity contribution in [3.63, 3.8) is 0 Å². The number of aliphatic hydroxyl groups is 1. The van der Waals surface area contributed by atoms with Crippen LogP contribution in [0.2, 0.25) is 0 Å². The molecule has 14 heavy (non-hydrogen) atoms. The second-order valence-electron chi connectivity index (χ2n) is 2.75. The van der Waals surface area contributed by atoms with Crippen LogP contribution in [0.15, 0.2) is 18.2 Å². The lowest BCUT2D eigenvalue weighted by atomic mass is 10.2. The predicted molar refractivity (Wildman–Crippen MR) is 56.2 cm³/mol. The van der Waals surface area contributed by atoms with E-state index in [4.69, 9.17) is 9.84 Å². The fraction of sp³-hybridized carbons (Fsp3) is 0.400. The number of aliphatic hydroxyl groups excluding tert-OH is 1. The molecule has 0 unspecified atom stereocenters. The first kappa shape index (κ1) is 11.3. The van der Waals surface area contributed by atoms with Gasteiger partial charge in [0, 0.05) is 11.5 Å². The van der Waals surface area contributed by atoms with E-state index in [1.807, 2.05) is 6.07 Å². The van der Waals surface area contributed by atoms with Crippen molar-refractivity contribution in [1.29, 1.82) is 0 Å². The molecule has 0 aliphatic rings. The van der Waals surface area contributed by atoms with E-state index in [0.29, 0.717) is 11.5 Å². The average molecular weight is 216 g/mol. The van der Waals surface area contributed by atoms with Gasteiger partial charge >= 0.3 is 0 Å². The van der Waals surface area contributed by atoms with Gasteiger partial charge in [0.2, 0.25) is 0 Å². The minimum atomic E-state index is -0.338. The van der Waals surface area contributed by atoms with Gasteiger partial charge in [0.05, 0.1) is 13.7 Å². The van der Waals surface area contributed by atoms with E-state index in [0.717, 1.165) is 5.56 Å². The smallest absolute Gasteiger partial charge is 0.165 e. The summed E-state index contributed by atoms with van der Waals surface area (Å²) in [5, 5.41) is 8.57. The molecule has 2 nitrogen and oxygen atoms in total. The zero-order valence-electron chi connectivity index (χ0n) is 8.00. The molecule has 0 aliphatic carbocycles. The Bertz CT molecular complexity index is 291. The Morgan fingerprint density at radius 1 is 1.50 bits per heavy atom. The Balaban J connectivity index is 2.57. The predicted octanol–water partition coefficient (Wildman–Crippen LogP) is 2.06. The lowest BCUT2D eigenvalue weighted by molar-refractivity contribution is 0.322. The number of methoxy groups -OCH3 is 1. The third kappa shape index (κ3) is 3.20. The molecule has 0 aromatic heterocycles. The molecule has 1 rings (SSSR count). The quantitative estimate of drug-likeness (QED) is 0.764. The van der Waals surface area contributed by atoms with E-state index in [1.54, 1.807) is 17.8 Å². The molecular weight excluding hydrogens is 203 g/mol. The fourth-order valence-corrected chi connectivity index (χ4v) is 1.74. The maximum Gasteiger partial charge on any atom is 0.165 e. The highest BCUT2D eigenvalue weighted by molar-refractivity contribution is 7.98. The van der Waals surface area contributed by atoms with Gasteiger partial charge in [0.1, 0.15) is 0 Å². The summed E-state index contributed by atoms with van der Waals surface area (Å²) in [6.07, 6.45) is 0. The Morgan fingerprint density at radius 2 is 2.29 bits per heavy atom. The van der Waals surface area contributed by atoms with Crippen molar-refractivity contribution in [3.05, 3.63) is 29.6 Å². The van der Waals surface area contributed by atoms with Crippen LogP contribution in [0.1, 0.15) is 5.56 Å². The third-order valence-corrected chi connectivity index (χ3v) is 2.73. The summed E-state index contributed by atoms with van der Waals surface area (Å²) < 4.78 is 18.0. The molecule has 0 spiro atoms. The van der Waals surface area contributed by atoms with Crippen LogP contribution in [0.4, 0.5) is 4.39 Å². The average Bonchev–Trinajstić information content (AvgIpc) is 2.18. The van der Waals surface area contributed by atoms with Crippen molar-refractivity contribution in [2.45, 2.75) is 5.75 Å². The zero-order chi connectivity index (χ0) is 10.4. The fourth-order valence-electron chi connectivity index (χ4n) is 1.05. The van der Waals surface area contributed by atoms with Gasteiger partial charge < -0.3 is 9.84 Å². The lowest BCUT2D eigenvalue weighted by Gasteiger charge is -2.04. The topological polar surface area (TPSA) is 29.5 Å². The molecule has 1 aromatic rings. The van der Waals surface area contributed by atoms with Crippen molar-refractivity contribution >= 4 is 11.8 Å². The van der Waals surface area contributed by atoms with E-state index >= 15 is 0 Å². The van der Waals surface area contributed by atoms with Crippen molar-refractivity contribution < 1.29 is 14.2 Å². The Morgan fingerprint density at radius 3 is 2.86 bits per heavy atom. The molecule has 0 atom stereocenters. The molecule has 0 radical (unpaired) electrons. The van der Waals surface area contributed by atoms with E-state index < -0.39 is 0 Å². The summed E-state index contributed by atoms with van der Waals surface area (Å²) in [4.78, 5) is 0. The molecule has 4 heteroatoms. The van der Waals surface area contributed by atoms with Gasteiger partial charge in [-0.05, 0) is 17.7 Å². The highest BCUT2D eigenvalue weighted by atomic mass is 32.2. The maximum absolute atomic E-state index is 13.2. The van der Waals surface area contributed by atoms with Gasteiger partial charge in [-0.3, -0.25) is 0 Å². The summed E-state index contributed by atoms with van der Waals surface area (Å²) in [6.45, 7) is 0.156. The van der Waals surface area contributed by atoms with E-state index in [1.165, 1.54) is 13.2 Å². The number of benzene rings is 1. The van der Waals surface area contributed by atoms with Gasteiger partial charge in [-0.1, -0.05) is 6.07 Å². The van der Waals surface area contributed by atoms with Crippen molar-refractivity contribution in [1.82, 2.24) is 0 Å². The molecular formula is C10H13FO2S. The molecule has 1 N–H and O–H groups in total. The number of ether oxygens (including phenoxy) is 1. The van der Waals surface area contributed by atoms with Gasteiger partial charge in [0.15, 0.2) is 11.6 Å². The normalized spacial score (nSPS) is 10.2. The van der Waals surface area contributed by atoms with Crippen LogP contribution < -0.4 is 4.74 Å². The molecule has 1 aromatic carbocycles. The lowest BCUT2D eigenvalue weighted by Crippen LogP contribution is -1.91. The highest BCUT2D eigenvalue weighted by Crippen LogP contribution is 2.20.